The minimum atomic E-state index is -1.02. The molecule has 0 radical (unpaired) electrons. The maximum absolute atomic E-state index is 13.8. The third-order valence-corrected chi connectivity index (χ3v) is 5.70. The van der Waals surface area contributed by atoms with Crippen LogP contribution in [0.3, 0.4) is 0 Å². The molecule has 0 unspecified atom stereocenters. The number of unbranched alkanes of at least 4 members (excludes halogenated alkanes) is 2. The van der Waals surface area contributed by atoms with Crippen molar-refractivity contribution in [3.63, 3.8) is 0 Å². The SMILES string of the molecule is CCOC(=O)c1nc(CN(C(=O)c2nn(CCCCC#N)c3ccccc23)C(=O)[C@@H](N)C(C)(C)C)no1. The second-order valence-electron chi connectivity index (χ2n) is 9.51. The summed E-state index contributed by atoms with van der Waals surface area (Å²) in [5.74, 6) is -2.58. The van der Waals surface area contributed by atoms with Crippen molar-refractivity contribution in [3.05, 3.63) is 41.7 Å². The van der Waals surface area contributed by atoms with E-state index in [-0.39, 0.29) is 30.6 Å². The molecule has 0 aliphatic heterocycles. The van der Waals surface area contributed by atoms with Crippen LogP contribution in [0.15, 0.2) is 28.8 Å². The number of carbonyl (C=O) groups is 3. The number of hydrogen-bond acceptors (Lipinski definition) is 10. The molecule has 0 saturated heterocycles. The van der Waals surface area contributed by atoms with Crippen molar-refractivity contribution in [2.24, 2.45) is 11.1 Å². The number of nitrogens with zero attached hydrogens (tertiary/aromatic N) is 6. The van der Waals surface area contributed by atoms with Crippen molar-refractivity contribution in [2.75, 3.05) is 6.61 Å². The van der Waals surface area contributed by atoms with Crippen molar-refractivity contribution in [2.45, 2.75) is 66.1 Å². The smallest absolute Gasteiger partial charge is 0.397 e. The Morgan fingerprint density at radius 1 is 1.24 bits per heavy atom. The summed E-state index contributed by atoms with van der Waals surface area (Å²) >= 11 is 0. The third-order valence-electron chi connectivity index (χ3n) is 5.70. The number of nitrogens with two attached hydrogens (primary N) is 1. The summed E-state index contributed by atoms with van der Waals surface area (Å²) in [5, 5.41) is 17.6. The molecule has 12 heteroatoms. The minimum absolute atomic E-state index is 0.0638. The fourth-order valence-electron chi connectivity index (χ4n) is 3.57. The lowest BCUT2D eigenvalue weighted by molar-refractivity contribution is -0.132. The highest BCUT2D eigenvalue weighted by atomic mass is 16.6. The highest BCUT2D eigenvalue weighted by molar-refractivity contribution is 6.11. The molecule has 2 heterocycles. The van der Waals surface area contributed by atoms with Crippen LogP contribution in [0.5, 0.6) is 0 Å². The number of carbonyl (C=O) groups excluding carboxylic acids is 3. The fourth-order valence-corrected chi connectivity index (χ4v) is 3.57. The molecule has 2 amide bonds. The second-order valence-corrected chi connectivity index (χ2v) is 9.51. The molecule has 3 rings (SSSR count). The number of aryl methyl sites for hydroxylation is 1. The summed E-state index contributed by atoms with van der Waals surface area (Å²) in [7, 11) is 0. The Bertz CT molecular complexity index is 1310. The summed E-state index contributed by atoms with van der Waals surface area (Å²) in [4.78, 5) is 44.1. The number of imide groups is 1. The maximum Gasteiger partial charge on any atom is 0.397 e. The molecule has 0 bridgehead atoms. The van der Waals surface area contributed by atoms with Gasteiger partial charge in [-0.25, -0.2) is 4.79 Å². The van der Waals surface area contributed by atoms with E-state index < -0.39 is 29.2 Å². The number of hydrogen-bond donors (Lipinski definition) is 1. The van der Waals surface area contributed by atoms with Crippen LogP contribution in [0.2, 0.25) is 0 Å². The maximum atomic E-state index is 13.8. The van der Waals surface area contributed by atoms with Gasteiger partial charge in [0.25, 0.3) is 5.91 Å². The first-order valence-corrected chi connectivity index (χ1v) is 12.0. The van der Waals surface area contributed by atoms with E-state index in [1.807, 2.05) is 12.1 Å². The van der Waals surface area contributed by atoms with Gasteiger partial charge in [-0.2, -0.15) is 15.3 Å². The van der Waals surface area contributed by atoms with Crippen LogP contribution in [0, 0.1) is 16.7 Å². The lowest BCUT2D eigenvalue weighted by Crippen LogP contribution is -2.52. The van der Waals surface area contributed by atoms with Crippen LogP contribution >= 0.6 is 0 Å². The molecule has 2 aromatic heterocycles. The number of aromatic nitrogens is 4. The van der Waals surface area contributed by atoms with Crippen molar-refractivity contribution in [3.8, 4) is 6.07 Å². The average Bonchev–Trinajstić information content (AvgIpc) is 3.49. The zero-order valence-corrected chi connectivity index (χ0v) is 21.4. The standard InChI is InChI=1S/C25H31N7O5/c1-5-36-24(35)21-28-18(30-37-21)15-31(23(34)20(27)25(2,3)4)22(33)19-16-11-7-8-12-17(16)32(29-19)14-10-6-9-13-26/h7-8,11-12,20H,5-6,9-10,14-15,27H2,1-4H3/t20-/m1/s1. The largest absolute Gasteiger partial charge is 0.459 e. The van der Waals surface area contributed by atoms with Gasteiger partial charge in [-0.1, -0.05) is 44.1 Å². The molecule has 3 aromatic rings. The number of nitriles is 1. The van der Waals surface area contributed by atoms with Crippen molar-refractivity contribution >= 4 is 28.7 Å². The van der Waals surface area contributed by atoms with Gasteiger partial charge in [-0.3, -0.25) is 19.2 Å². The second kappa shape index (κ2) is 11.7. The zero-order chi connectivity index (χ0) is 27.2. The molecule has 12 nitrogen and oxygen atoms in total. The van der Waals surface area contributed by atoms with Crippen LogP contribution in [0.4, 0.5) is 0 Å². The van der Waals surface area contributed by atoms with Gasteiger partial charge in [0.1, 0.15) is 0 Å². The van der Waals surface area contributed by atoms with Crippen LogP contribution in [0.1, 0.15) is 74.0 Å². The topological polar surface area (TPSA) is 170 Å². The summed E-state index contributed by atoms with van der Waals surface area (Å²) in [6.45, 7) is 7.23. The molecule has 0 aliphatic rings. The van der Waals surface area contributed by atoms with Gasteiger partial charge >= 0.3 is 11.9 Å². The predicted octanol–water partition coefficient (Wildman–Crippen LogP) is 2.83. The Morgan fingerprint density at radius 2 is 1.97 bits per heavy atom. The molecule has 0 fully saturated rings. The number of amides is 2. The van der Waals surface area contributed by atoms with Gasteiger partial charge in [0.05, 0.1) is 30.8 Å². The monoisotopic (exact) mass is 509 g/mol. The van der Waals surface area contributed by atoms with Crippen molar-refractivity contribution < 1.29 is 23.6 Å². The van der Waals surface area contributed by atoms with Crippen molar-refractivity contribution in [1.82, 2.24) is 24.8 Å². The van der Waals surface area contributed by atoms with E-state index in [9.17, 15) is 14.4 Å². The van der Waals surface area contributed by atoms with E-state index in [2.05, 4.69) is 21.3 Å². The summed E-state index contributed by atoms with van der Waals surface area (Å²) < 4.78 is 11.5. The summed E-state index contributed by atoms with van der Waals surface area (Å²) in [5.41, 5.74) is 6.38. The average molecular weight is 510 g/mol. The number of para-hydroxylation sites is 1. The number of rotatable bonds is 10. The van der Waals surface area contributed by atoms with Gasteiger partial charge in [0.2, 0.25) is 5.91 Å². The Balaban J connectivity index is 1.99. The van der Waals surface area contributed by atoms with Crippen LogP contribution in [-0.4, -0.2) is 55.3 Å². The van der Waals surface area contributed by atoms with E-state index in [4.69, 9.17) is 20.3 Å². The molecule has 1 aromatic carbocycles. The quantitative estimate of drug-likeness (QED) is 0.316. The highest BCUT2D eigenvalue weighted by Crippen LogP contribution is 2.24. The molecule has 0 saturated carbocycles. The Labute approximate surface area is 214 Å². The van der Waals surface area contributed by atoms with Gasteiger partial charge in [-0.05, 0) is 31.2 Å². The Morgan fingerprint density at radius 3 is 2.65 bits per heavy atom. The van der Waals surface area contributed by atoms with E-state index in [0.29, 0.717) is 31.2 Å². The Kier molecular flexibility index (Phi) is 8.73. The number of benzene rings is 1. The first kappa shape index (κ1) is 27.5. The van der Waals surface area contributed by atoms with E-state index >= 15 is 0 Å². The zero-order valence-electron chi connectivity index (χ0n) is 21.4. The third kappa shape index (κ3) is 6.37. The molecule has 37 heavy (non-hydrogen) atoms. The van der Waals surface area contributed by atoms with E-state index in [1.54, 1.807) is 44.5 Å². The number of fused-ring (bicyclic) bond motifs is 1. The molecule has 0 spiro atoms. The van der Waals surface area contributed by atoms with Crippen LogP contribution < -0.4 is 5.73 Å². The number of esters is 1. The Hall–Kier alpha value is -4.11. The molecular formula is C25H31N7O5. The lowest BCUT2D eigenvalue weighted by atomic mass is 9.86. The number of ether oxygens (including phenoxy) is 1. The van der Waals surface area contributed by atoms with Crippen molar-refractivity contribution in [1.29, 1.82) is 5.26 Å². The normalized spacial score (nSPS) is 12.2. The van der Waals surface area contributed by atoms with E-state index in [0.717, 1.165) is 10.4 Å². The molecule has 1 atom stereocenters. The first-order valence-electron chi connectivity index (χ1n) is 12.0. The predicted molar refractivity (Wildman–Crippen MR) is 132 cm³/mol. The lowest BCUT2D eigenvalue weighted by Gasteiger charge is -2.30. The van der Waals surface area contributed by atoms with Gasteiger partial charge < -0.3 is 15.0 Å². The van der Waals surface area contributed by atoms with Gasteiger partial charge in [-0.15, -0.1) is 0 Å². The minimum Gasteiger partial charge on any atom is -0.459 e. The van der Waals surface area contributed by atoms with Crippen LogP contribution in [0.25, 0.3) is 10.9 Å². The highest BCUT2D eigenvalue weighted by Gasteiger charge is 2.37. The fraction of sp³-hybridized carbons (Fsp3) is 0.480. The summed E-state index contributed by atoms with van der Waals surface area (Å²) in [6, 6.07) is 8.29. The first-order chi connectivity index (χ1) is 17.6. The molecule has 196 valence electrons. The molecular weight excluding hydrogens is 478 g/mol. The molecule has 0 aliphatic carbocycles. The summed E-state index contributed by atoms with van der Waals surface area (Å²) in [6.07, 6.45) is 1.82. The van der Waals surface area contributed by atoms with Gasteiger partial charge in [0, 0.05) is 18.4 Å². The van der Waals surface area contributed by atoms with E-state index in [1.165, 1.54) is 0 Å². The van der Waals surface area contributed by atoms with Crippen LogP contribution in [-0.2, 0) is 22.6 Å². The van der Waals surface area contributed by atoms with Gasteiger partial charge in [0.15, 0.2) is 11.5 Å². The molecule has 2 N–H and O–H groups in total.